The predicted molar refractivity (Wildman–Crippen MR) is 128 cm³/mol. The van der Waals surface area contributed by atoms with Crippen LogP contribution in [0.1, 0.15) is 56.3 Å². The quantitative estimate of drug-likeness (QED) is 0.430. The summed E-state index contributed by atoms with van der Waals surface area (Å²) in [6.07, 6.45) is 0.960. The summed E-state index contributed by atoms with van der Waals surface area (Å²) in [6.45, 7) is 9.28. The van der Waals surface area contributed by atoms with Crippen molar-refractivity contribution in [1.29, 1.82) is 0 Å². The average molecular weight is 478 g/mol. The van der Waals surface area contributed by atoms with Gasteiger partial charge in [-0.15, -0.1) is 0 Å². The third-order valence-corrected chi connectivity index (χ3v) is 6.69. The smallest absolute Gasteiger partial charge is 0.271 e. The van der Waals surface area contributed by atoms with Gasteiger partial charge in [-0.2, -0.15) is 0 Å². The highest BCUT2D eigenvalue weighted by Gasteiger charge is 2.31. The molecule has 0 bridgehead atoms. The van der Waals surface area contributed by atoms with Crippen molar-refractivity contribution in [2.45, 2.75) is 52.6 Å². The van der Waals surface area contributed by atoms with E-state index in [2.05, 4.69) is 5.32 Å². The summed E-state index contributed by atoms with van der Waals surface area (Å²) in [4.78, 5) is 23.6. The number of nitro groups is 1. The van der Waals surface area contributed by atoms with Crippen LogP contribution in [0.15, 0.2) is 36.4 Å². The van der Waals surface area contributed by atoms with Gasteiger partial charge in [0.1, 0.15) is 11.8 Å². The van der Waals surface area contributed by atoms with Crippen LogP contribution >= 0.6 is 0 Å². The molecule has 2 aromatic carbocycles. The summed E-state index contributed by atoms with van der Waals surface area (Å²) >= 11 is 0. The number of anilines is 1. The Kier molecular flexibility index (Phi) is 8.07. The molecule has 0 unspecified atom stereocenters. The van der Waals surface area contributed by atoms with E-state index in [9.17, 15) is 23.3 Å². The number of rotatable bonds is 9. The van der Waals surface area contributed by atoms with E-state index in [1.165, 1.54) is 25.1 Å². The van der Waals surface area contributed by atoms with Crippen molar-refractivity contribution in [3.63, 3.8) is 0 Å². The molecule has 0 saturated heterocycles. The van der Waals surface area contributed by atoms with Crippen molar-refractivity contribution in [3.05, 3.63) is 63.2 Å². The third kappa shape index (κ3) is 6.01. The molecule has 33 heavy (non-hydrogen) atoms. The van der Waals surface area contributed by atoms with Gasteiger partial charge in [-0.3, -0.25) is 19.2 Å². The highest BCUT2D eigenvalue weighted by Crippen LogP contribution is 2.32. The summed E-state index contributed by atoms with van der Waals surface area (Å²) in [5, 5.41) is 14.0. The fourth-order valence-electron chi connectivity index (χ4n) is 3.77. The van der Waals surface area contributed by atoms with Gasteiger partial charge < -0.3 is 10.1 Å². The maximum absolute atomic E-state index is 13.1. The highest BCUT2D eigenvalue weighted by molar-refractivity contribution is 7.92. The minimum Gasteiger partial charge on any atom is -0.496 e. The first kappa shape index (κ1) is 26.1. The van der Waals surface area contributed by atoms with Gasteiger partial charge in [-0.25, -0.2) is 8.42 Å². The molecular formula is C23H31N3O6S. The van der Waals surface area contributed by atoms with Crippen molar-refractivity contribution in [2.75, 3.05) is 17.7 Å². The molecule has 0 spiro atoms. The number of benzene rings is 2. The third-order valence-electron chi connectivity index (χ3n) is 5.45. The number of nitrogens with one attached hydrogen (secondary N) is 1. The zero-order valence-corrected chi connectivity index (χ0v) is 20.8. The first-order valence-electron chi connectivity index (χ1n) is 10.5. The van der Waals surface area contributed by atoms with Crippen LogP contribution in [-0.2, 0) is 14.8 Å². The maximum Gasteiger partial charge on any atom is 0.271 e. The molecular weight excluding hydrogens is 446 g/mol. The van der Waals surface area contributed by atoms with Gasteiger partial charge in [0.2, 0.25) is 15.9 Å². The van der Waals surface area contributed by atoms with E-state index in [-0.39, 0.29) is 17.3 Å². The van der Waals surface area contributed by atoms with Gasteiger partial charge in [0, 0.05) is 12.1 Å². The van der Waals surface area contributed by atoms with E-state index in [4.69, 9.17) is 4.74 Å². The average Bonchev–Trinajstić information content (AvgIpc) is 2.72. The Labute approximate surface area is 195 Å². The van der Waals surface area contributed by atoms with Crippen LogP contribution in [0, 0.1) is 17.0 Å². The zero-order valence-electron chi connectivity index (χ0n) is 19.9. The van der Waals surface area contributed by atoms with Crippen LogP contribution < -0.4 is 14.4 Å². The number of nitro benzene ring substituents is 1. The highest BCUT2D eigenvalue weighted by atomic mass is 32.2. The number of non-ortho nitro benzene ring substituents is 1. The number of nitrogens with zero attached hydrogens (tertiary/aromatic N) is 2. The Morgan fingerprint density at radius 1 is 1.12 bits per heavy atom. The van der Waals surface area contributed by atoms with Gasteiger partial charge in [0.05, 0.1) is 30.0 Å². The summed E-state index contributed by atoms with van der Waals surface area (Å²) < 4.78 is 31.4. The molecule has 0 radical (unpaired) electrons. The van der Waals surface area contributed by atoms with Gasteiger partial charge in [0.15, 0.2) is 0 Å². The lowest BCUT2D eigenvalue weighted by molar-refractivity contribution is -0.384. The number of hydrogen-bond acceptors (Lipinski definition) is 6. The molecule has 1 N–H and O–H groups in total. The Morgan fingerprint density at radius 3 is 2.27 bits per heavy atom. The number of aryl methyl sites for hydroxylation is 1. The number of ether oxygens (including phenoxy) is 1. The van der Waals surface area contributed by atoms with Crippen molar-refractivity contribution in [3.8, 4) is 5.75 Å². The van der Waals surface area contributed by atoms with Gasteiger partial charge in [-0.1, -0.05) is 19.9 Å². The van der Waals surface area contributed by atoms with Crippen LogP contribution in [0.2, 0.25) is 0 Å². The van der Waals surface area contributed by atoms with Crippen LogP contribution in [-0.4, -0.2) is 38.7 Å². The van der Waals surface area contributed by atoms with Gasteiger partial charge in [-0.05, 0) is 61.6 Å². The number of amides is 1. The first-order valence-corrected chi connectivity index (χ1v) is 12.3. The van der Waals surface area contributed by atoms with Crippen LogP contribution in [0.5, 0.6) is 5.75 Å². The number of carbonyl (C=O) groups is 1. The van der Waals surface area contributed by atoms with Crippen molar-refractivity contribution < 1.29 is 22.9 Å². The molecule has 2 rings (SSSR count). The molecule has 2 atom stereocenters. The Hall–Kier alpha value is -3.14. The Balaban J connectivity index is 2.37. The maximum atomic E-state index is 13.1. The molecule has 10 heteroatoms. The summed E-state index contributed by atoms with van der Waals surface area (Å²) in [6, 6.07) is 7.57. The fourth-order valence-corrected chi connectivity index (χ4v) is 4.94. The second-order valence-electron chi connectivity index (χ2n) is 8.35. The minimum atomic E-state index is -3.91. The number of methoxy groups -OCH3 is 1. The van der Waals surface area contributed by atoms with E-state index in [0.29, 0.717) is 0 Å². The topological polar surface area (TPSA) is 119 Å². The lowest BCUT2D eigenvalue weighted by Crippen LogP contribution is -2.48. The zero-order chi connectivity index (χ0) is 25.1. The Morgan fingerprint density at radius 2 is 1.76 bits per heavy atom. The lowest BCUT2D eigenvalue weighted by Gasteiger charge is -2.29. The lowest BCUT2D eigenvalue weighted by atomic mass is 9.93. The van der Waals surface area contributed by atoms with E-state index in [1.54, 1.807) is 7.11 Å². The van der Waals surface area contributed by atoms with Gasteiger partial charge >= 0.3 is 0 Å². The van der Waals surface area contributed by atoms with E-state index in [0.717, 1.165) is 39.1 Å². The molecule has 0 aliphatic heterocycles. The Bertz CT molecular complexity index is 1150. The fraction of sp³-hybridized carbons (Fsp3) is 0.435. The molecule has 0 saturated carbocycles. The van der Waals surface area contributed by atoms with Crippen molar-refractivity contribution >= 4 is 27.3 Å². The second-order valence-corrected chi connectivity index (χ2v) is 10.2. The SMILES string of the molecule is COc1cc(C)c([C@H](C)NC(=O)[C@@H](C)N(c2cccc([N+](=O)[O-])c2)S(C)(=O)=O)cc1C(C)C. The summed E-state index contributed by atoms with van der Waals surface area (Å²) in [5.74, 6) is 0.448. The minimum absolute atomic E-state index is 0.0460. The monoisotopic (exact) mass is 477 g/mol. The normalized spacial score (nSPS) is 13.3. The van der Waals surface area contributed by atoms with E-state index in [1.807, 2.05) is 39.8 Å². The molecule has 0 aliphatic rings. The second kappa shape index (κ2) is 10.2. The number of carbonyl (C=O) groups excluding carboxylic acids is 1. The number of sulfonamides is 1. The van der Waals surface area contributed by atoms with Crippen LogP contribution in [0.25, 0.3) is 0 Å². The molecule has 0 heterocycles. The molecule has 180 valence electrons. The molecule has 9 nitrogen and oxygen atoms in total. The first-order chi connectivity index (χ1) is 15.3. The van der Waals surface area contributed by atoms with Crippen LogP contribution in [0.4, 0.5) is 11.4 Å². The number of hydrogen-bond donors (Lipinski definition) is 1. The van der Waals surface area contributed by atoms with Crippen molar-refractivity contribution in [1.82, 2.24) is 5.32 Å². The van der Waals surface area contributed by atoms with Gasteiger partial charge in [0.25, 0.3) is 5.69 Å². The summed E-state index contributed by atoms with van der Waals surface area (Å²) in [7, 11) is -2.29. The molecule has 0 aromatic heterocycles. The van der Waals surface area contributed by atoms with Crippen molar-refractivity contribution in [2.24, 2.45) is 0 Å². The molecule has 1 amide bonds. The molecule has 2 aromatic rings. The molecule has 0 aliphatic carbocycles. The molecule has 0 fully saturated rings. The largest absolute Gasteiger partial charge is 0.496 e. The standard InChI is InChI=1S/C23H31N3O6S/c1-14(2)20-13-21(15(3)11-22(20)32-6)16(4)24-23(27)17(5)25(33(7,30)31)18-9-8-10-19(12-18)26(28)29/h8-14,16-17H,1-7H3,(H,24,27)/t16-,17+/m0/s1. The predicted octanol–water partition coefficient (Wildman–Crippen LogP) is 4.07. The van der Waals surface area contributed by atoms with E-state index >= 15 is 0 Å². The van der Waals surface area contributed by atoms with E-state index < -0.39 is 32.9 Å². The summed E-state index contributed by atoms with van der Waals surface area (Å²) in [5.41, 5.74) is 2.60. The van der Waals surface area contributed by atoms with Crippen LogP contribution in [0.3, 0.4) is 0 Å².